The lowest BCUT2D eigenvalue weighted by molar-refractivity contribution is -0.161. The summed E-state index contributed by atoms with van der Waals surface area (Å²) in [6.07, 6.45) is 6.80. The maximum absolute atomic E-state index is 13.1. The molecule has 3 aromatic rings. The minimum atomic E-state index is -0.495. The molecule has 1 fully saturated rings. The normalized spacial score (nSPS) is 16.3. The number of benzene rings is 1. The Bertz CT molecular complexity index is 1190. The van der Waals surface area contributed by atoms with Gasteiger partial charge in [-0.25, -0.2) is 9.97 Å². The number of hydrogen-bond donors (Lipinski definition) is 2. The van der Waals surface area contributed by atoms with Gasteiger partial charge in [0.15, 0.2) is 0 Å². The van der Waals surface area contributed by atoms with Crippen LogP contribution in [0.2, 0.25) is 5.02 Å². The van der Waals surface area contributed by atoms with Gasteiger partial charge in [-0.2, -0.15) is 0 Å². The van der Waals surface area contributed by atoms with Crippen molar-refractivity contribution < 1.29 is 14.3 Å². The first-order valence-corrected chi connectivity index (χ1v) is 12.3. The van der Waals surface area contributed by atoms with Crippen LogP contribution in [0.3, 0.4) is 0 Å². The zero-order chi connectivity index (χ0) is 25.2. The van der Waals surface area contributed by atoms with Gasteiger partial charge < -0.3 is 15.0 Å². The number of H-pyrrole nitrogens is 1. The monoisotopic (exact) mass is 497 g/mol. The number of rotatable bonds is 6. The second-order valence-corrected chi connectivity index (χ2v) is 10.4. The Morgan fingerprint density at radius 2 is 1.89 bits per heavy atom. The van der Waals surface area contributed by atoms with Crippen LogP contribution in [0.25, 0.3) is 10.9 Å². The number of fused-ring (bicyclic) bond motifs is 1. The number of halogens is 1. The van der Waals surface area contributed by atoms with Gasteiger partial charge in [0.1, 0.15) is 11.4 Å². The van der Waals surface area contributed by atoms with Crippen molar-refractivity contribution in [3.05, 3.63) is 58.8 Å². The van der Waals surface area contributed by atoms with Gasteiger partial charge in [-0.05, 0) is 71.8 Å². The Morgan fingerprint density at radius 1 is 1.20 bits per heavy atom. The molecule has 8 nitrogen and oxygen atoms in total. The van der Waals surface area contributed by atoms with E-state index in [-0.39, 0.29) is 23.8 Å². The number of likely N-dealkylation sites (tertiary alicyclic amines) is 1. The molecule has 1 unspecified atom stereocenters. The summed E-state index contributed by atoms with van der Waals surface area (Å²) in [5, 5.41) is 4.29. The Morgan fingerprint density at radius 3 is 2.54 bits per heavy atom. The van der Waals surface area contributed by atoms with E-state index >= 15 is 0 Å². The van der Waals surface area contributed by atoms with Gasteiger partial charge in [0.2, 0.25) is 0 Å². The molecule has 2 aromatic heterocycles. The van der Waals surface area contributed by atoms with E-state index in [0.717, 1.165) is 16.5 Å². The van der Waals surface area contributed by atoms with Gasteiger partial charge in [-0.15, -0.1) is 0 Å². The quantitative estimate of drug-likeness (QED) is 0.488. The first-order chi connectivity index (χ1) is 16.6. The summed E-state index contributed by atoms with van der Waals surface area (Å²) in [5.74, 6) is 0.184. The first-order valence-electron chi connectivity index (χ1n) is 11.9. The lowest BCUT2D eigenvalue weighted by Gasteiger charge is -2.37. The number of piperidine rings is 1. The van der Waals surface area contributed by atoms with Gasteiger partial charge in [0.05, 0.1) is 22.5 Å². The van der Waals surface area contributed by atoms with E-state index in [1.807, 2.05) is 39.8 Å². The minimum Gasteiger partial charge on any atom is -0.460 e. The molecule has 1 aliphatic rings. The fourth-order valence-corrected chi connectivity index (χ4v) is 4.73. The maximum Gasteiger partial charge on any atom is 0.309 e. The summed E-state index contributed by atoms with van der Waals surface area (Å²) in [6, 6.07) is 5.31. The third kappa shape index (κ3) is 6.00. The highest BCUT2D eigenvalue weighted by atomic mass is 35.5. The highest BCUT2D eigenvalue weighted by Gasteiger charge is 2.32. The van der Waals surface area contributed by atoms with E-state index in [1.165, 1.54) is 0 Å². The molecular formula is C26H32ClN5O3. The summed E-state index contributed by atoms with van der Waals surface area (Å²) >= 11 is 6.51. The Balaban J connectivity index is 1.46. The summed E-state index contributed by atoms with van der Waals surface area (Å²) in [7, 11) is 0. The molecule has 186 valence electrons. The molecule has 0 bridgehead atoms. The molecule has 35 heavy (non-hydrogen) atoms. The average molecular weight is 498 g/mol. The summed E-state index contributed by atoms with van der Waals surface area (Å²) in [4.78, 5) is 39.7. The van der Waals surface area contributed by atoms with E-state index in [1.54, 1.807) is 24.7 Å². The van der Waals surface area contributed by atoms with Crippen LogP contribution in [0.5, 0.6) is 0 Å². The van der Waals surface area contributed by atoms with Crippen LogP contribution in [0.4, 0.5) is 0 Å². The number of esters is 1. The number of ether oxygens (including phenoxy) is 1. The van der Waals surface area contributed by atoms with Crippen molar-refractivity contribution in [3.8, 4) is 0 Å². The predicted molar refractivity (Wildman–Crippen MR) is 135 cm³/mol. The second kappa shape index (κ2) is 10.3. The molecule has 2 N–H and O–H groups in total. The number of carbonyl (C=O) groups is 2. The summed E-state index contributed by atoms with van der Waals surface area (Å²) < 4.78 is 5.59. The minimum absolute atomic E-state index is 0.123. The van der Waals surface area contributed by atoms with Crippen molar-refractivity contribution in [1.29, 1.82) is 0 Å². The fourth-order valence-electron chi connectivity index (χ4n) is 4.42. The van der Waals surface area contributed by atoms with E-state index in [9.17, 15) is 9.59 Å². The third-order valence-electron chi connectivity index (χ3n) is 6.27. The Labute approximate surface area is 210 Å². The zero-order valence-electron chi connectivity index (χ0n) is 20.6. The van der Waals surface area contributed by atoms with Gasteiger partial charge in [-0.1, -0.05) is 11.6 Å². The molecule has 1 amide bonds. The lowest BCUT2D eigenvalue weighted by Crippen LogP contribution is -2.44. The van der Waals surface area contributed by atoms with Crippen molar-refractivity contribution >= 4 is 34.4 Å². The third-order valence-corrected chi connectivity index (χ3v) is 6.67. The van der Waals surface area contributed by atoms with Crippen LogP contribution >= 0.6 is 11.6 Å². The number of amides is 1. The number of carbonyl (C=O) groups excluding carboxylic acids is 2. The molecule has 0 aliphatic carbocycles. The van der Waals surface area contributed by atoms with Crippen LogP contribution in [0, 0.1) is 12.8 Å². The molecule has 1 saturated heterocycles. The number of nitrogens with zero attached hydrogens (tertiary/aromatic N) is 3. The molecule has 1 aromatic carbocycles. The predicted octanol–water partition coefficient (Wildman–Crippen LogP) is 4.44. The van der Waals surface area contributed by atoms with Gasteiger partial charge >= 0.3 is 5.97 Å². The lowest BCUT2D eigenvalue weighted by atomic mass is 9.94. The van der Waals surface area contributed by atoms with E-state index in [2.05, 4.69) is 25.2 Å². The number of hydrogen-bond acceptors (Lipinski definition) is 6. The van der Waals surface area contributed by atoms with E-state index < -0.39 is 5.60 Å². The highest BCUT2D eigenvalue weighted by molar-refractivity contribution is 6.38. The molecule has 0 saturated carbocycles. The number of aromatic nitrogens is 3. The number of nitrogens with one attached hydrogen (secondary N) is 2. The van der Waals surface area contributed by atoms with Crippen LogP contribution in [0.1, 0.15) is 61.4 Å². The highest BCUT2D eigenvalue weighted by Crippen LogP contribution is 2.29. The largest absolute Gasteiger partial charge is 0.460 e. The van der Waals surface area contributed by atoms with Gasteiger partial charge in [0.25, 0.3) is 5.91 Å². The SMILES string of the molecule is Cc1ncc(C(CNC(=O)c2ccc3[nH]ccc3c2Cl)N2CCC(C(=O)OC(C)(C)C)CC2)cn1. The fraction of sp³-hybridized carbons (Fsp3) is 0.462. The van der Waals surface area contributed by atoms with Crippen LogP contribution in [-0.4, -0.2) is 57.0 Å². The molecular weight excluding hydrogens is 466 g/mol. The van der Waals surface area contributed by atoms with Crippen molar-refractivity contribution in [2.24, 2.45) is 5.92 Å². The van der Waals surface area contributed by atoms with Crippen LogP contribution in [0.15, 0.2) is 36.8 Å². The second-order valence-electron chi connectivity index (χ2n) is 10.00. The molecule has 0 spiro atoms. The van der Waals surface area contributed by atoms with Crippen LogP contribution < -0.4 is 5.32 Å². The van der Waals surface area contributed by atoms with Crippen molar-refractivity contribution in [1.82, 2.24) is 25.2 Å². The Kier molecular flexibility index (Phi) is 7.42. The molecule has 0 radical (unpaired) electrons. The zero-order valence-corrected chi connectivity index (χ0v) is 21.4. The van der Waals surface area contributed by atoms with E-state index in [4.69, 9.17) is 16.3 Å². The van der Waals surface area contributed by atoms with Crippen molar-refractivity contribution in [3.63, 3.8) is 0 Å². The van der Waals surface area contributed by atoms with Crippen molar-refractivity contribution in [2.75, 3.05) is 19.6 Å². The van der Waals surface area contributed by atoms with Gasteiger partial charge in [-0.3, -0.25) is 14.5 Å². The van der Waals surface area contributed by atoms with Crippen LogP contribution in [-0.2, 0) is 9.53 Å². The maximum atomic E-state index is 13.1. The first kappa shape index (κ1) is 25.1. The molecule has 1 atom stereocenters. The summed E-state index contributed by atoms with van der Waals surface area (Å²) in [6.45, 7) is 9.27. The Hall–Kier alpha value is -2.97. The molecule has 4 rings (SSSR count). The van der Waals surface area contributed by atoms with Gasteiger partial charge in [0, 0.05) is 41.6 Å². The number of aromatic amines is 1. The summed E-state index contributed by atoms with van der Waals surface area (Å²) in [5.41, 5.74) is 1.74. The molecule has 3 heterocycles. The topological polar surface area (TPSA) is 100 Å². The smallest absolute Gasteiger partial charge is 0.309 e. The number of aryl methyl sites for hydroxylation is 1. The molecule has 1 aliphatic heterocycles. The van der Waals surface area contributed by atoms with E-state index in [0.29, 0.717) is 48.9 Å². The standard InChI is InChI=1S/C26H32ClN5O3/c1-16-29-13-18(14-30-16)22(32-11-8-17(9-12-32)25(34)35-26(2,3)4)15-31-24(33)20-5-6-21-19(23(20)27)7-10-28-21/h5-7,10,13-14,17,22,28H,8-9,11-12,15H2,1-4H3,(H,31,33). The average Bonchev–Trinajstić information content (AvgIpc) is 3.29. The van der Waals surface area contributed by atoms with Crippen molar-refractivity contribution in [2.45, 2.75) is 52.2 Å². The molecule has 9 heteroatoms.